The molecule has 15 radical (unpaired) electrons. The predicted octanol–water partition coefficient (Wildman–Crippen LogP) is -1.52. The molecule has 0 amide bonds. The SMILES string of the molecule is [Ge].[In].[Si].[Sn]. The molecule has 15 valence electrons. The summed E-state index contributed by atoms with van der Waals surface area (Å²) in [5.74, 6) is 0. The second-order valence-corrected chi connectivity index (χ2v) is 0. The van der Waals surface area contributed by atoms with Crippen LogP contribution in [0.4, 0.5) is 0 Å². The van der Waals surface area contributed by atoms with Crippen LogP contribution in [0.15, 0.2) is 0 Å². The van der Waals surface area contributed by atoms with Gasteiger partial charge in [0, 0.05) is 78.3 Å². The molecule has 4 heteroatoms. The van der Waals surface area contributed by atoms with Crippen molar-refractivity contribution in [3.63, 3.8) is 0 Å². The standard InChI is InChI=1S/Ge.In.Si.Sn. The first-order chi connectivity index (χ1) is 0. The fraction of sp³-hybridized carbons (Fsp3) is 0. The molecule has 0 heterocycles. The van der Waals surface area contributed by atoms with Gasteiger partial charge < -0.3 is 0 Å². The van der Waals surface area contributed by atoms with E-state index in [-0.39, 0.29) is 78.3 Å². The molecular formula is GeInSiSn. The topological polar surface area (TPSA) is 0 Å². The predicted molar refractivity (Wildman–Crippen MR) is 23.0 cm³/mol. The molecule has 0 spiro atoms. The van der Waals surface area contributed by atoms with E-state index in [9.17, 15) is 0 Å². The fourth-order valence-corrected chi connectivity index (χ4v) is 0. The maximum atomic E-state index is 0. The first kappa shape index (κ1) is 32.1. The van der Waals surface area contributed by atoms with Gasteiger partial charge in [-0.3, -0.25) is 0 Å². The first-order valence-corrected chi connectivity index (χ1v) is 0. The smallest absolute Gasteiger partial charge is 0 e. The van der Waals surface area contributed by atoms with Crippen molar-refractivity contribution >= 4 is 78.3 Å². The van der Waals surface area contributed by atoms with Gasteiger partial charge in [-0.15, -0.1) is 0 Å². The van der Waals surface area contributed by atoms with Gasteiger partial charge >= 0.3 is 0 Å². The molecule has 0 aromatic carbocycles. The van der Waals surface area contributed by atoms with Crippen LogP contribution >= 0.6 is 0 Å². The molecule has 0 aliphatic carbocycles. The van der Waals surface area contributed by atoms with Crippen molar-refractivity contribution in [1.29, 1.82) is 0 Å². The van der Waals surface area contributed by atoms with Crippen LogP contribution in [0.5, 0.6) is 0 Å². The summed E-state index contributed by atoms with van der Waals surface area (Å²) in [6, 6.07) is 0. The quantitative estimate of drug-likeness (QED) is 0.472. The third kappa shape index (κ3) is 8.83. The Morgan fingerprint density at radius 2 is 1.00 bits per heavy atom. The van der Waals surface area contributed by atoms with E-state index in [1.165, 1.54) is 0 Å². The van der Waals surface area contributed by atoms with E-state index in [1.807, 2.05) is 0 Å². The molecule has 0 aromatic heterocycles. The van der Waals surface area contributed by atoms with Gasteiger partial charge in [0.1, 0.15) is 0 Å². The largest absolute Gasteiger partial charge is 0 e. The molecule has 0 aromatic rings. The average molecular weight is 334 g/mol. The van der Waals surface area contributed by atoms with Crippen molar-refractivity contribution in [2.24, 2.45) is 0 Å². The van der Waals surface area contributed by atoms with Crippen LogP contribution in [0.1, 0.15) is 0 Å². The average Bonchev–Trinajstić information content (AvgIpc) is 0. The molecule has 0 unspecified atom stereocenters. The van der Waals surface area contributed by atoms with E-state index >= 15 is 0 Å². The maximum Gasteiger partial charge on any atom is 0 e. The Morgan fingerprint density at radius 3 is 1.00 bits per heavy atom. The van der Waals surface area contributed by atoms with Gasteiger partial charge in [-0.05, 0) is 0 Å². The van der Waals surface area contributed by atoms with Gasteiger partial charge in [-0.1, -0.05) is 0 Å². The van der Waals surface area contributed by atoms with Crippen molar-refractivity contribution in [3.8, 4) is 0 Å². The summed E-state index contributed by atoms with van der Waals surface area (Å²) in [4.78, 5) is 0. The third-order valence-corrected chi connectivity index (χ3v) is 0. The zero-order valence-electron chi connectivity index (χ0n) is 2.08. The summed E-state index contributed by atoms with van der Waals surface area (Å²) in [5, 5.41) is 0. The minimum absolute atomic E-state index is 0. The van der Waals surface area contributed by atoms with E-state index < -0.39 is 0 Å². The fourth-order valence-electron chi connectivity index (χ4n) is 0. The summed E-state index contributed by atoms with van der Waals surface area (Å²) in [7, 11) is 0. The molecular weight excluding hydrogens is 334 g/mol. The van der Waals surface area contributed by atoms with Crippen molar-refractivity contribution in [2.45, 2.75) is 0 Å². The Hall–Kier alpha value is 2.43. The van der Waals surface area contributed by atoms with Gasteiger partial charge in [0.15, 0.2) is 0 Å². The number of hydrogen-bond acceptors (Lipinski definition) is 0. The van der Waals surface area contributed by atoms with Gasteiger partial charge in [0.2, 0.25) is 0 Å². The maximum absolute atomic E-state index is 0. The summed E-state index contributed by atoms with van der Waals surface area (Å²) in [6.45, 7) is 0. The zero-order chi connectivity index (χ0) is 0. The van der Waals surface area contributed by atoms with E-state index in [0.717, 1.165) is 0 Å². The van der Waals surface area contributed by atoms with Crippen LogP contribution in [0.25, 0.3) is 0 Å². The second kappa shape index (κ2) is 18.1. The van der Waals surface area contributed by atoms with E-state index in [1.54, 1.807) is 0 Å². The molecule has 0 aliphatic heterocycles. The van der Waals surface area contributed by atoms with Crippen LogP contribution in [-0.4, -0.2) is 78.3 Å². The number of hydrogen-bond donors (Lipinski definition) is 0. The second-order valence-electron chi connectivity index (χ2n) is 0. The van der Waals surface area contributed by atoms with Crippen LogP contribution in [-0.2, 0) is 0 Å². The van der Waals surface area contributed by atoms with Crippen molar-refractivity contribution in [2.75, 3.05) is 0 Å². The number of rotatable bonds is 0. The Morgan fingerprint density at radius 1 is 1.00 bits per heavy atom. The molecule has 0 saturated heterocycles. The van der Waals surface area contributed by atoms with E-state index in [2.05, 4.69) is 0 Å². The molecule has 4 heavy (non-hydrogen) atoms. The summed E-state index contributed by atoms with van der Waals surface area (Å²) in [6.07, 6.45) is 0. The van der Waals surface area contributed by atoms with Gasteiger partial charge in [-0.25, -0.2) is 0 Å². The molecule has 0 aliphatic rings. The van der Waals surface area contributed by atoms with Crippen molar-refractivity contribution in [1.82, 2.24) is 0 Å². The minimum Gasteiger partial charge on any atom is 0 e. The normalized spacial score (nSPS) is 0. The van der Waals surface area contributed by atoms with Crippen LogP contribution < -0.4 is 0 Å². The van der Waals surface area contributed by atoms with Crippen molar-refractivity contribution in [3.05, 3.63) is 0 Å². The molecule has 0 N–H and O–H groups in total. The zero-order valence-corrected chi connectivity index (χ0v) is 11.3. The minimum atomic E-state index is 0. The summed E-state index contributed by atoms with van der Waals surface area (Å²) >= 11 is 0. The Bertz CT molecular complexity index is 8.00. The van der Waals surface area contributed by atoms with Crippen molar-refractivity contribution < 1.29 is 0 Å². The van der Waals surface area contributed by atoms with Crippen LogP contribution in [0, 0.1) is 0 Å². The van der Waals surface area contributed by atoms with E-state index in [4.69, 9.17) is 0 Å². The van der Waals surface area contributed by atoms with E-state index in [0.29, 0.717) is 0 Å². The summed E-state index contributed by atoms with van der Waals surface area (Å²) < 4.78 is 0. The van der Waals surface area contributed by atoms with Gasteiger partial charge in [-0.2, -0.15) is 0 Å². The van der Waals surface area contributed by atoms with Crippen LogP contribution in [0.3, 0.4) is 0 Å². The molecule has 0 fully saturated rings. The third-order valence-electron chi connectivity index (χ3n) is 0. The molecule has 0 rings (SSSR count). The molecule has 0 atom stereocenters. The Kier molecular flexibility index (Phi) is 145. The van der Waals surface area contributed by atoms with Gasteiger partial charge in [0.25, 0.3) is 0 Å². The Labute approximate surface area is 77.2 Å². The first-order valence-electron chi connectivity index (χ1n) is 0. The molecule has 0 nitrogen and oxygen atoms in total. The molecule has 0 saturated carbocycles. The Balaban J connectivity index is 0. The van der Waals surface area contributed by atoms with Gasteiger partial charge in [0.05, 0.1) is 0 Å². The monoisotopic (exact) mass is 337 g/mol. The van der Waals surface area contributed by atoms with Crippen LogP contribution in [0.2, 0.25) is 0 Å². The molecule has 0 bridgehead atoms. The summed E-state index contributed by atoms with van der Waals surface area (Å²) in [5.41, 5.74) is 0.